The molecule has 0 unspecified atom stereocenters. The van der Waals surface area contributed by atoms with Crippen molar-refractivity contribution in [2.75, 3.05) is 4.90 Å². The molecular formula is C54H50N2Si2. The standard InChI is InChI=1S/C54H50N2Si2/c1-57(2,3)49-33-22-41(23-34-49)39-16-27-46(28-17-39)55(47-29-18-40(19-30-47)42-24-35-50(36-25-42)58(4,5)6)48-31-20-43(21-32-48)44-26-37-54-52(38-44)51-14-10-11-15-53(51)56(54)45-12-8-7-9-13-45/h7-38H,1-6H3. The molecule has 284 valence electrons. The van der Waals surface area contributed by atoms with Crippen LogP contribution in [0.2, 0.25) is 39.3 Å². The van der Waals surface area contributed by atoms with Crippen LogP contribution in [-0.4, -0.2) is 20.7 Å². The highest BCUT2D eigenvalue weighted by Crippen LogP contribution is 2.39. The summed E-state index contributed by atoms with van der Waals surface area (Å²) in [4.78, 5) is 2.37. The van der Waals surface area contributed by atoms with Gasteiger partial charge in [0.15, 0.2) is 0 Å². The number of hydrogen-bond donors (Lipinski definition) is 0. The predicted molar refractivity (Wildman–Crippen MR) is 258 cm³/mol. The Bertz CT molecular complexity index is 2740. The van der Waals surface area contributed by atoms with Crippen LogP contribution >= 0.6 is 0 Å². The van der Waals surface area contributed by atoms with Gasteiger partial charge in [-0.15, -0.1) is 0 Å². The largest absolute Gasteiger partial charge is 0.311 e. The molecule has 0 bridgehead atoms. The fourth-order valence-corrected chi connectivity index (χ4v) is 10.5. The Morgan fingerprint density at radius 3 is 1.14 bits per heavy atom. The molecule has 0 N–H and O–H groups in total. The SMILES string of the molecule is C[Si](C)(C)c1ccc(-c2ccc(N(c3ccc(-c4ccc([Si](C)(C)C)cc4)cc3)c3ccc(-c4ccc5c(c4)c4ccccc4n5-c4ccccc4)cc3)cc2)cc1. The molecule has 4 heteroatoms. The van der Waals surface area contributed by atoms with Crippen LogP contribution in [0.5, 0.6) is 0 Å². The molecule has 0 amide bonds. The maximum absolute atomic E-state index is 2.40. The quantitative estimate of drug-likeness (QED) is 0.132. The van der Waals surface area contributed by atoms with E-state index in [4.69, 9.17) is 0 Å². The molecule has 0 fully saturated rings. The summed E-state index contributed by atoms with van der Waals surface area (Å²) in [6, 6.07) is 71.8. The van der Waals surface area contributed by atoms with E-state index >= 15 is 0 Å². The number of aromatic nitrogens is 1. The third kappa shape index (κ3) is 7.26. The summed E-state index contributed by atoms with van der Waals surface area (Å²) in [7, 11) is -2.72. The molecule has 58 heavy (non-hydrogen) atoms. The normalized spacial score (nSPS) is 12.0. The Morgan fingerprint density at radius 1 is 0.328 bits per heavy atom. The number of benzene rings is 8. The van der Waals surface area contributed by atoms with E-state index in [9.17, 15) is 0 Å². The topological polar surface area (TPSA) is 8.17 Å². The molecule has 0 saturated heterocycles. The van der Waals surface area contributed by atoms with Crippen LogP contribution in [0.25, 0.3) is 60.9 Å². The number of anilines is 3. The molecule has 2 nitrogen and oxygen atoms in total. The molecule has 0 spiro atoms. The number of fused-ring (bicyclic) bond motifs is 3. The van der Waals surface area contributed by atoms with Gasteiger partial charge in [0.05, 0.1) is 27.2 Å². The van der Waals surface area contributed by atoms with Gasteiger partial charge in [0.2, 0.25) is 0 Å². The van der Waals surface area contributed by atoms with Gasteiger partial charge in [-0.05, 0) is 100 Å². The van der Waals surface area contributed by atoms with Crippen molar-refractivity contribution in [2.24, 2.45) is 0 Å². The first-order valence-electron chi connectivity index (χ1n) is 20.4. The third-order valence-corrected chi connectivity index (χ3v) is 15.7. The molecule has 0 saturated carbocycles. The van der Waals surface area contributed by atoms with E-state index in [0.717, 1.165) is 17.1 Å². The second kappa shape index (κ2) is 14.9. The minimum Gasteiger partial charge on any atom is -0.311 e. The van der Waals surface area contributed by atoms with Crippen molar-refractivity contribution in [3.05, 3.63) is 194 Å². The lowest BCUT2D eigenvalue weighted by molar-refractivity contribution is 1.18. The average Bonchev–Trinajstić information content (AvgIpc) is 3.58. The van der Waals surface area contributed by atoms with Gasteiger partial charge in [-0.1, -0.05) is 177 Å². The van der Waals surface area contributed by atoms with Gasteiger partial charge in [0, 0.05) is 33.5 Å². The smallest absolute Gasteiger partial charge is 0.0775 e. The van der Waals surface area contributed by atoms with Gasteiger partial charge >= 0.3 is 0 Å². The Hall–Kier alpha value is -6.21. The van der Waals surface area contributed by atoms with Gasteiger partial charge in [-0.25, -0.2) is 0 Å². The zero-order valence-electron chi connectivity index (χ0n) is 34.4. The molecule has 9 rings (SSSR count). The molecular weight excluding hydrogens is 733 g/mol. The summed E-state index contributed by atoms with van der Waals surface area (Å²) >= 11 is 0. The molecule has 9 aromatic rings. The van der Waals surface area contributed by atoms with Crippen molar-refractivity contribution in [3.8, 4) is 39.1 Å². The minimum atomic E-state index is -1.36. The van der Waals surface area contributed by atoms with Gasteiger partial charge in [-0.3, -0.25) is 0 Å². The van der Waals surface area contributed by atoms with E-state index in [2.05, 4.69) is 243 Å². The van der Waals surface area contributed by atoms with Gasteiger partial charge in [0.25, 0.3) is 0 Å². The average molecular weight is 783 g/mol. The Kier molecular flexibility index (Phi) is 9.63. The summed E-state index contributed by atoms with van der Waals surface area (Å²) in [5.41, 5.74) is 14.3. The number of nitrogens with zero attached hydrogens (tertiary/aromatic N) is 2. The number of para-hydroxylation sites is 2. The van der Waals surface area contributed by atoms with Gasteiger partial charge < -0.3 is 9.47 Å². The van der Waals surface area contributed by atoms with Crippen molar-refractivity contribution in [3.63, 3.8) is 0 Å². The molecule has 0 atom stereocenters. The van der Waals surface area contributed by atoms with Crippen LogP contribution in [0.4, 0.5) is 17.1 Å². The lowest BCUT2D eigenvalue weighted by Gasteiger charge is -2.26. The maximum Gasteiger partial charge on any atom is 0.0775 e. The van der Waals surface area contributed by atoms with Crippen molar-refractivity contribution in [1.29, 1.82) is 0 Å². The Labute approximate surface area is 345 Å². The second-order valence-corrected chi connectivity index (χ2v) is 27.7. The lowest BCUT2D eigenvalue weighted by Crippen LogP contribution is -2.37. The zero-order valence-corrected chi connectivity index (χ0v) is 36.4. The molecule has 1 aromatic heterocycles. The first-order valence-corrected chi connectivity index (χ1v) is 27.4. The number of rotatable bonds is 9. The summed E-state index contributed by atoms with van der Waals surface area (Å²) in [5, 5.41) is 5.48. The van der Waals surface area contributed by atoms with Crippen molar-refractivity contribution in [1.82, 2.24) is 4.57 Å². The summed E-state index contributed by atoms with van der Waals surface area (Å²) in [6.07, 6.45) is 0. The molecule has 0 aliphatic heterocycles. The van der Waals surface area contributed by atoms with Crippen molar-refractivity contribution >= 4 is 65.4 Å². The molecule has 8 aromatic carbocycles. The maximum atomic E-state index is 2.40. The van der Waals surface area contributed by atoms with Crippen LogP contribution in [0.1, 0.15) is 0 Å². The molecule has 0 radical (unpaired) electrons. The third-order valence-electron chi connectivity index (χ3n) is 11.6. The highest BCUT2D eigenvalue weighted by Gasteiger charge is 2.19. The van der Waals surface area contributed by atoms with Crippen LogP contribution in [0.3, 0.4) is 0 Å². The van der Waals surface area contributed by atoms with E-state index < -0.39 is 16.1 Å². The van der Waals surface area contributed by atoms with E-state index in [0.29, 0.717) is 0 Å². The number of hydrogen-bond acceptors (Lipinski definition) is 1. The van der Waals surface area contributed by atoms with Crippen molar-refractivity contribution < 1.29 is 0 Å². The fraction of sp³-hybridized carbons (Fsp3) is 0.111. The highest BCUT2D eigenvalue weighted by atomic mass is 28.3. The van der Waals surface area contributed by atoms with Crippen LogP contribution in [-0.2, 0) is 0 Å². The molecule has 1 heterocycles. The first kappa shape index (κ1) is 37.4. The van der Waals surface area contributed by atoms with Crippen LogP contribution in [0, 0.1) is 0 Å². The van der Waals surface area contributed by atoms with Gasteiger partial charge in [0.1, 0.15) is 0 Å². The monoisotopic (exact) mass is 782 g/mol. The first-order chi connectivity index (χ1) is 28.0. The Morgan fingerprint density at radius 2 is 0.690 bits per heavy atom. The minimum absolute atomic E-state index is 1.12. The van der Waals surface area contributed by atoms with E-state index in [1.54, 1.807) is 0 Å². The molecule has 0 aliphatic carbocycles. The fourth-order valence-electron chi connectivity index (χ4n) is 8.19. The lowest BCUT2D eigenvalue weighted by atomic mass is 10.0. The predicted octanol–water partition coefficient (Wildman–Crippen LogP) is 14.3. The summed E-state index contributed by atoms with van der Waals surface area (Å²) in [5.74, 6) is 0. The molecule has 0 aliphatic rings. The summed E-state index contributed by atoms with van der Waals surface area (Å²) < 4.78 is 2.37. The van der Waals surface area contributed by atoms with Crippen molar-refractivity contribution in [2.45, 2.75) is 39.3 Å². The van der Waals surface area contributed by atoms with Crippen LogP contribution < -0.4 is 15.3 Å². The van der Waals surface area contributed by atoms with E-state index in [1.165, 1.54) is 71.2 Å². The highest BCUT2D eigenvalue weighted by molar-refractivity contribution is 6.89. The zero-order chi connectivity index (χ0) is 40.0. The van der Waals surface area contributed by atoms with Crippen LogP contribution in [0.15, 0.2) is 194 Å². The van der Waals surface area contributed by atoms with E-state index in [1.807, 2.05) is 0 Å². The van der Waals surface area contributed by atoms with E-state index in [-0.39, 0.29) is 0 Å². The Balaban J connectivity index is 1.07. The van der Waals surface area contributed by atoms with Gasteiger partial charge in [-0.2, -0.15) is 0 Å². The summed E-state index contributed by atoms with van der Waals surface area (Å²) in [6.45, 7) is 14.4. The second-order valence-electron chi connectivity index (χ2n) is 17.6.